The molecule has 0 bridgehead atoms. The third-order valence-corrected chi connectivity index (χ3v) is 4.06. The molecule has 1 fully saturated rings. The molecule has 2 rings (SSSR count). The lowest BCUT2D eigenvalue weighted by molar-refractivity contribution is -0.141. The third kappa shape index (κ3) is 5.06. The number of rotatable bonds is 5. The Hall–Kier alpha value is -2.04. The molecule has 120 valence electrons. The summed E-state index contributed by atoms with van der Waals surface area (Å²) in [4.78, 5) is 24.9. The van der Waals surface area contributed by atoms with E-state index in [2.05, 4.69) is 4.74 Å². The predicted molar refractivity (Wildman–Crippen MR) is 82.2 cm³/mol. The molecule has 22 heavy (non-hydrogen) atoms. The molecule has 1 aromatic carbocycles. The molecule has 1 heterocycles. The van der Waals surface area contributed by atoms with Crippen LogP contribution in [0.25, 0.3) is 0 Å². The van der Waals surface area contributed by atoms with Crippen molar-refractivity contribution in [2.75, 3.05) is 20.2 Å². The molecular formula is C17H23NO4. The van der Waals surface area contributed by atoms with Crippen molar-refractivity contribution in [2.24, 2.45) is 5.92 Å². The number of methoxy groups -OCH3 is 1. The van der Waals surface area contributed by atoms with Crippen LogP contribution in [0.1, 0.15) is 31.2 Å². The van der Waals surface area contributed by atoms with Crippen molar-refractivity contribution in [1.29, 1.82) is 0 Å². The van der Waals surface area contributed by atoms with E-state index in [4.69, 9.17) is 4.74 Å². The van der Waals surface area contributed by atoms with Gasteiger partial charge in [0.05, 0.1) is 7.11 Å². The lowest BCUT2D eigenvalue weighted by atomic mass is 9.92. The number of ether oxygens (including phenoxy) is 2. The lowest BCUT2D eigenvalue weighted by Gasteiger charge is -2.31. The molecule has 0 radical (unpaired) electrons. The first-order valence-corrected chi connectivity index (χ1v) is 7.71. The first kappa shape index (κ1) is 16.3. The highest BCUT2D eigenvalue weighted by molar-refractivity contribution is 5.69. The van der Waals surface area contributed by atoms with Gasteiger partial charge in [-0.15, -0.1) is 0 Å². The lowest BCUT2D eigenvalue weighted by Crippen LogP contribution is -2.38. The highest BCUT2D eigenvalue weighted by Gasteiger charge is 2.24. The quantitative estimate of drug-likeness (QED) is 0.785. The summed E-state index contributed by atoms with van der Waals surface area (Å²) in [5, 5.41) is 0. The molecule has 0 N–H and O–H groups in total. The Bertz CT molecular complexity index is 481. The number of hydrogen-bond acceptors (Lipinski definition) is 4. The van der Waals surface area contributed by atoms with Crippen molar-refractivity contribution in [3.8, 4) is 0 Å². The van der Waals surface area contributed by atoms with Crippen LogP contribution in [0.3, 0.4) is 0 Å². The zero-order valence-corrected chi connectivity index (χ0v) is 13.0. The molecule has 1 aromatic rings. The summed E-state index contributed by atoms with van der Waals surface area (Å²) in [6.45, 7) is 1.70. The maximum atomic E-state index is 12.0. The molecule has 1 aliphatic heterocycles. The van der Waals surface area contributed by atoms with Gasteiger partial charge in [0.1, 0.15) is 6.61 Å². The molecule has 0 spiro atoms. The van der Waals surface area contributed by atoms with Gasteiger partial charge in [0, 0.05) is 19.5 Å². The Morgan fingerprint density at radius 3 is 2.50 bits per heavy atom. The Labute approximate surface area is 131 Å². The van der Waals surface area contributed by atoms with Gasteiger partial charge in [-0.05, 0) is 30.7 Å². The van der Waals surface area contributed by atoms with Crippen LogP contribution < -0.4 is 0 Å². The average Bonchev–Trinajstić information content (AvgIpc) is 2.59. The number of hydrogen-bond donors (Lipinski definition) is 0. The van der Waals surface area contributed by atoms with E-state index in [0.29, 0.717) is 32.0 Å². The van der Waals surface area contributed by atoms with Crippen molar-refractivity contribution in [2.45, 2.75) is 32.3 Å². The number of nitrogens with zero attached hydrogens (tertiary/aromatic N) is 1. The van der Waals surface area contributed by atoms with Crippen LogP contribution in [0, 0.1) is 5.92 Å². The number of likely N-dealkylation sites (tertiary alicyclic amines) is 1. The van der Waals surface area contributed by atoms with E-state index in [-0.39, 0.29) is 12.1 Å². The van der Waals surface area contributed by atoms with Gasteiger partial charge in [-0.3, -0.25) is 4.79 Å². The largest absolute Gasteiger partial charge is 0.469 e. The van der Waals surface area contributed by atoms with Gasteiger partial charge in [0.15, 0.2) is 0 Å². The molecule has 0 aliphatic carbocycles. The van der Waals surface area contributed by atoms with Crippen molar-refractivity contribution in [3.63, 3.8) is 0 Å². The predicted octanol–water partition coefficient (Wildman–Crippen LogP) is 2.99. The van der Waals surface area contributed by atoms with Gasteiger partial charge >= 0.3 is 12.1 Å². The van der Waals surface area contributed by atoms with Crippen LogP contribution in [-0.4, -0.2) is 37.2 Å². The maximum Gasteiger partial charge on any atom is 0.410 e. The van der Waals surface area contributed by atoms with E-state index >= 15 is 0 Å². The summed E-state index contributed by atoms with van der Waals surface area (Å²) in [6.07, 6.45) is 2.86. The zero-order chi connectivity index (χ0) is 15.8. The van der Waals surface area contributed by atoms with Crippen LogP contribution in [-0.2, 0) is 20.9 Å². The van der Waals surface area contributed by atoms with Crippen LogP contribution in [0.4, 0.5) is 4.79 Å². The van der Waals surface area contributed by atoms with Gasteiger partial charge in [-0.25, -0.2) is 4.79 Å². The fourth-order valence-corrected chi connectivity index (χ4v) is 2.64. The normalized spacial score (nSPS) is 15.4. The highest BCUT2D eigenvalue weighted by atomic mass is 16.6. The summed E-state index contributed by atoms with van der Waals surface area (Å²) in [5.41, 5.74) is 0.990. The van der Waals surface area contributed by atoms with Gasteiger partial charge in [-0.1, -0.05) is 30.3 Å². The van der Waals surface area contributed by atoms with E-state index in [1.165, 1.54) is 7.11 Å². The van der Waals surface area contributed by atoms with Crippen molar-refractivity contribution in [1.82, 2.24) is 4.90 Å². The summed E-state index contributed by atoms with van der Waals surface area (Å²) < 4.78 is 9.98. The van der Waals surface area contributed by atoms with Gasteiger partial charge < -0.3 is 14.4 Å². The average molecular weight is 305 g/mol. The van der Waals surface area contributed by atoms with Gasteiger partial charge in [-0.2, -0.15) is 0 Å². The third-order valence-electron chi connectivity index (χ3n) is 4.06. The first-order chi connectivity index (χ1) is 10.7. The van der Waals surface area contributed by atoms with Crippen molar-refractivity contribution in [3.05, 3.63) is 35.9 Å². The minimum absolute atomic E-state index is 0.162. The molecule has 0 atom stereocenters. The van der Waals surface area contributed by atoms with E-state index in [9.17, 15) is 9.59 Å². The fraction of sp³-hybridized carbons (Fsp3) is 0.529. The standard InChI is InChI=1S/C17H23NO4/c1-21-16(19)8-7-14-9-11-18(12-10-14)17(20)22-13-15-5-3-2-4-6-15/h2-6,14H,7-13H2,1H3. The summed E-state index contributed by atoms with van der Waals surface area (Å²) >= 11 is 0. The topological polar surface area (TPSA) is 55.8 Å². The molecule has 1 saturated heterocycles. The molecule has 5 nitrogen and oxygen atoms in total. The molecular weight excluding hydrogens is 282 g/mol. The fourth-order valence-electron chi connectivity index (χ4n) is 2.64. The van der Waals surface area contributed by atoms with E-state index < -0.39 is 0 Å². The Morgan fingerprint density at radius 1 is 1.18 bits per heavy atom. The van der Waals surface area contributed by atoms with Crippen LogP contribution in [0.5, 0.6) is 0 Å². The first-order valence-electron chi connectivity index (χ1n) is 7.71. The minimum Gasteiger partial charge on any atom is -0.469 e. The molecule has 0 aromatic heterocycles. The second-order valence-corrected chi connectivity index (χ2v) is 5.59. The summed E-state index contributed by atoms with van der Waals surface area (Å²) in [6, 6.07) is 9.66. The summed E-state index contributed by atoms with van der Waals surface area (Å²) in [5.74, 6) is 0.321. The van der Waals surface area contributed by atoms with E-state index in [0.717, 1.165) is 24.8 Å². The van der Waals surface area contributed by atoms with E-state index in [1.54, 1.807) is 4.90 Å². The van der Waals surface area contributed by atoms with Crippen LogP contribution in [0.2, 0.25) is 0 Å². The van der Waals surface area contributed by atoms with Gasteiger partial charge in [0.2, 0.25) is 0 Å². The number of benzene rings is 1. The monoisotopic (exact) mass is 305 g/mol. The Morgan fingerprint density at radius 2 is 1.86 bits per heavy atom. The SMILES string of the molecule is COC(=O)CCC1CCN(C(=O)OCc2ccccc2)CC1. The van der Waals surface area contributed by atoms with Crippen molar-refractivity contribution >= 4 is 12.1 Å². The molecule has 1 amide bonds. The smallest absolute Gasteiger partial charge is 0.410 e. The minimum atomic E-state index is -0.254. The Balaban J connectivity index is 1.67. The molecule has 0 unspecified atom stereocenters. The van der Waals surface area contributed by atoms with Crippen LogP contribution >= 0.6 is 0 Å². The molecule has 0 saturated carbocycles. The summed E-state index contributed by atoms with van der Waals surface area (Å²) in [7, 11) is 1.41. The maximum absolute atomic E-state index is 12.0. The number of carbonyl (C=O) groups is 2. The number of carbonyl (C=O) groups excluding carboxylic acids is 2. The number of amides is 1. The number of piperidine rings is 1. The number of esters is 1. The second kappa shape index (κ2) is 8.41. The van der Waals surface area contributed by atoms with E-state index in [1.807, 2.05) is 30.3 Å². The van der Waals surface area contributed by atoms with Crippen LogP contribution in [0.15, 0.2) is 30.3 Å². The molecule has 1 aliphatic rings. The van der Waals surface area contributed by atoms with Crippen molar-refractivity contribution < 1.29 is 19.1 Å². The van der Waals surface area contributed by atoms with Gasteiger partial charge in [0.25, 0.3) is 0 Å². The highest BCUT2D eigenvalue weighted by Crippen LogP contribution is 2.22. The zero-order valence-electron chi connectivity index (χ0n) is 13.0. The second-order valence-electron chi connectivity index (χ2n) is 5.59. The Kier molecular flexibility index (Phi) is 6.25. The molecule has 5 heteroatoms.